The highest BCUT2D eigenvalue weighted by atomic mass is 31.2. The molecule has 1 aliphatic rings. The minimum Gasteiger partial charge on any atom is -0.437 e. The number of H-pyrrole nitrogens is 1. The van der Waals surface area contributed by atoms with Crippen molar-refractivity contribution in [2.24, 2.45) is 10.8 Å². The molecule has 0 aromatic carbocycles. The second-order valence-corrected chi connectivity index (χ2v) is 12.4. The molecule has 1 aromatic rings. The molecule has 0 saturated carbocycles. The maximum Gasteiger partial charge on any atom is 0.480 e. The number of halogens is 1. The zero-order valence-corrected chi connectivity index (χ0v) is 23.3. The molecule has 0 bridgehead atoms. The third kappa shape index (κ3) is 8.27. The number of hydrogen-bond donors (Lipinski definition) is 3. The molecule has 1 saturated heterocycles. The van der Waals surface area contributed by atoms with Crippen LogP contribution in [0.25, 0.3) is 0 Å². The number of nitrogens with zero attached hydrogens (tertiary/aromatic N) is 1. The van der Waals surface area contributed by atoms with E-state index in [2.05, 4.69) is 0 Å². The molecule has 1 aliphatic heterocycles. The van der Waals surface area contributed by atoms with Crippen LogP contribution < -0.4 is 11.2 Å². The highest BCUT2D eigenvalue weighted by molar-refractivity contribution is 7.48. The Hall–Kier alpha value is -2.46. The highest BCUT2D eigenvalue weighted by Crippen LogP contribution is 2.52. The summed E-state index contributed by atoms with van der Waals surface area (Å²) in [6, 6.07) is 0.886. The molecule has 15 nitrogen and oxygen atoms in total. The molecule has 1 aromatic heterocycles. The van der Waals surface area contributed by atoms with E-state index in [-0.39, 0.29) is 0 Å². The normalized spacial score (nSPS) is 24.0. The molecule has 2 heterocycles. The predicted octanol–water partition coefficient (Wildman–Crippen LogP) is 0.880. The van der Waals surface area contributed by atoms with Gasteiger partial charge in [-0.3, -0.25) is 28.5 Å². The van der Waals surface area contributed by atoms with Crippen LogP contribution in [0.2, 0.25) is 0 Å². The molecule has 1 fully saturated rings. The van der Waals surface area contributed by atoms with Gasteiger partial charge in [-0.2, -0.15) is 0 Å². The smallest absolute Gasteiger partial charge is 0.437 e. The molecule has 39 heavy (non-hydrogen) atoms. The summed E-state index contributed by atoms with van der Waals surface area (Å²) >= 11 is 0. The molecule has 0 unspecified atom stereocenters. The minimum absolute atomic E-state index is 0.588. The molecular formula is C22H34FN2O13P. The molecule has 17 heteroatoms. The van der Waals surface area contributed by atoms with Crippen molar-refractivity contribution in [3.63, 3.8) is 0 Å². The van der Waals surface area contributed by atoms with Crippen molar-refractivity contribution in [1.29, 1.82) is 0 Å². The first-order chi connectivity index (χ1) is 17.8. The summed E-state index contributed by atoms with van der Waals surface area (Å²) in [7, 11) is -4.82. The number of ether oxygens (including phenoxy) is 3. The highest BCUT2D eigenvalue weighted by Gasteiger charge is 2.59. The van der Waals surface area contributed by atoms with Crippen molar-refractivity contribution in [2.45, 2.75) is 65.6 Å². The zero-order chi connectivity index (χ0) is 29.9. The fourth-order valence-electron chi connectivity index (χ4n) is 3.11. The lowest BCUT2D eigenvalue weighted by Gasteiger charge is -2.32. The van der Waals surface area contributed by atoms with E-state index in [0.29, 0.717) is 4.57 Å². The Morgan fingerprint density at radius 3 is 2.05 bits per heavy atom. The van der Waals surface area contributed by atoms with E-state index in [9.17, 15) is 34.0 Å². The van der Waals surface area contributed by atoms with E-state index >= 15 is 4.39 Å². The van der Waals surface area contributed by atoms with Crippen LogP contribution in [0.15, 0.2) is 21.9 Å². The topological polar surface area (TPSA) is 202 Å². The van der Waals surface area contributed by atoms with Crippen LogP contribution in [0.1, 0.15) is 48.0 Å². The van der Waals surface area contributed by atoms with Gasteiger partial charge in [-0.1, -0.05) is 0 Å². The lowest BCUT2D eigenvalue weighted by atomic mass is 9.98. The van der Waals surface area contributed by atoms with Crippen LogP contribution in [0.4, 0.5) is 4.39 Å². The number of aliphatic hydroxyl groups is 2. The first-order valence-corrected chi connectivity index (χ1v) is 13.1. The van der Waals surface area contributed by atoms with Crippen LogP contribution in [-0.2, 0) is 47.7 Å². The number of esters is 2. The molecule has 2 rings (SSSR count). The lowest BCUT2D eigenvalue weighted by Crippen LogP contribution is -2.52. The largest absolute Gasteiger partial charge is 0.480 e. The van der Waals surface area contributed by atoms with Gasteiger partial charge in [0.25, 0.3) is 5.56 Å². The van der Waals surface area contributed by atoms with E-state index in [1.165, 1.54) is 0 Å². The van der Waals surface area contributed by atoms with Crippen LogP contribution in [0.5, 0.6) is 0 Å². The first-order valence-electron chi connectivity index (χ1n) is 11.7. The van der Waals surface area contributed by atoms with Crippen molar-refractivity contribution >= 4 is 19.8 Å². The van der Waals surface area contributed by atoms with Gasteiger partial charge in [0.1, 0.15) is 12.7 Å². The van der Waals surface area contributed by atoms with Gasteiger partial charge in [-0.05, 0) is 41.5 Å². The Balaban J connectivity index is 2.20. The number of aromatic nitrogens is 2. The summed E-state index contributed by atoms with van der Waals surface area (Å²) in [6.45, 7) is 5.02. The molecule has 3 atom stereocenters. The summed E-state index contributed by atoms with van der Waals surface area (Å²) in [5.74, 6) is -4.46. The number of phosphoric acid groups is 1. The predicted molar refractivity (Wildman–Crippen MR) is 128 cm³/mol. The van der Waals surface area contributed by atoms with E-state index in [4.69, 9.17) is 27.8 Å². The van der Waals surface area contributed by atoms with Gasteiger partial charge < -0.3 is 24.4 Å². The number of hydrogen-bond acceptors (Lipinski definition) is 13. The number of alkyl halides is 1. The molecular weight excluding hydrogens is 550 g/mol. The molecule has 0 spiro atoms. The summed E-state index contributed by atoms with van der Waals surface area (Å²) in [5, 5.41) is 20.4. The Kier molecular flexibility index (Phi) is 10.0. The molecule has 222 valence electrons. The van der Waals surface area contributed by atoms with Crippen molar-refractivity contribution in [1.82, 2.24) is 9.55 Å². The molecule has 3 N–H and O–H groups in total. The maximum atomic E-state index is 15.7. The van der Waals surface area contributed by atoms with Crippen LogP contribution in [0.3, 0.4) is 0 Å². The van der Waals surface area contributed by atoms with Gasteiger partial charge in [0.05, 0.1) is 17.4 Å². The average Bonchev–Trinajstić information content (AvgIpc) is 3.07. The van der Waals surface area contributed by atoms with Gasteiger partial charge in [0, 0.05) is 18.7 Å². The lowest BCUT2D eigenvalue weighted by molar-refractivity contribution is -0.247. The summed E-state index contributed by atoms with van der Waals surface area (Å²) in [6.07, 6.45) is -1.85. The van der Waals surface area contributed by atoms with E-state index in [1.807, 2.05) is 4.98 Å². The Morgan fingerprint density at radius 2 is 1.62 bits per heavy atom. The van der Waals surface area contributed by atoms with Crippen molar-refractivity contribution in [3.05, 3.63) is 33.1 Å². The molecule has 0 amide bonds. The number of carbonyl (C=O) groups is 2. The third-order valence-corrected chi connectivity index (χ3v) is 6.59. The summed E-state index contributed by atoms with van der Waals surface area (Å²) < 4.78 is 59.3. The summed E-state index contributed by atoms with van der Waals surface area (Å²) in [4.78, 5) is 49.5. The zero-order valence-electron chi connectivity index (χ0n) is 22.4. The number of aromatic amines is 1. The number of rotatable bonds is 11. The standard InChI is InChI=1S/C22H34FN2O13P/c1-19(2,3)16(29)33-12-36-39(32,37-13-34-17(30)20(4,5)6)35-11-21(23)9-14(27)22(10-26,38-21)25-8-7-15(28)24-18(25)31/h7-8,14,26-27H,9-13H2,1-6H3,(H,24,28,31)/t14-,21+,22-/m1/s1. The van der Waals surface area contributed by atoms with E-state index in [0.717, 1.165) is 12.3 Å². The van der Waals surface area contributed by atoms with E-state index in [1.54, 1.807) is 41.5 Å². The van der Waals surface area contributed by atoms with Crippen LogP contribution in [-0.4, -0.2) is 70.5 Å². The monoisotopic (exact) mass is 584 g/mol. The van der Waals surface area contributed by atoms with E-state index < -0.39 is 92.7 Å². The van der Waals surface area contributed by atoms with Gasteiger partial charge in [-0.15, -0.1) is 0 Å². The molecule has 0 aliphatic carbocycles. The average molecular weight is 584 g/mol. The Labute approximate surface area is 222 Å². The fraction of sp³-hybridized carbons (Fsp3) is 0.727. The Morgan fingerprint density at radius 1 is 1.10 bits per heavy atom. The third-order valence-electron chi connectivity index (χ3n) is 5.30. The number of nitrogens with one attached hydrogen (secondary N) is 1. The van der Waals surface area contributed by atoms with Gasteiger partial charge >= 0.3 is 25.5 Å². The van der Waals surface area contributed by atoms with Crippen LogP contribution >= 0.6 is 7.82 Å². The Bertz CT molecular complexity index is 1170. The number of carbonyl (C=O) groups excluding carboxylic acids is 2. The first kappa shape index (κ1) is 32.8. The second kappa shape index (κ2) is 12.0. The number of aliphatic hydroxyl groups excluding tert-OH is 2. The van der Waals surface area contributed by atoms with Crippen molar-refractivity contribution < 1.29 is 56.5 Å². The van der Waals surface area contributed by atoms with Gasteiger partial charge in [-0.25, -0.2) is 22.8 Å². The number of phosphoric ester groups is 1. The second-order valence-electron chi connectivity index (χ2n) is 10.8. The maximum absolute atomic E-state index is 15.7. The van der Waals surface area contributed by atoms with Crippen LogP contribution in [0, 0.1) is 10.8 Å². The van der Waals surface area contributed by atoms with Crippen molar-refractivity contribution in [2.75, 3.05) is 26.8 Å². The molecule has 0 radical (unpaired) electrons. The van der Waals surface area contributed by atoms with Crippen molar-refractivity contribution in [3.8, 4) is 0 Å². The fourth-order valence-corrected chi connectivity index (χ4v) is 4.05. The summed E-state index contributed by atoms with van der Waals surface area (Å²) in [5.41, 5.74) is -6.17. The SMILES string of the molecule is CC(C)(C)C(=O)OCOP(=O)(OCOC(=O)C(C)(C)C)OC[C@]1(F)C[C@@H](O)[C@](CO)(n2ccc(=O)[nH]c2=O)O1. The minimum atomic E-state index is -4.82. The van der Waals surface area contributed by atoms with Gasteiger partial charge in [0.15, 0.2) is 0 Å². The van der Waals surface area contributed by atoms with Gasteiger partial charge in [0.2, 0.25) is 25.2 Å². The quantitative estimate of drug-likeness (QED) is 0.188.